The van der Waals surface area contributed by atoms with Crippen LogP contribution in [0.3, 0.4) is 0 Å². The number of hydrogen-bond donors (Lipinski definition) is 1. The number of nitro groups is 1. The van der Waals surface area contributed by atoms with Gasteiger partial charge < -0.3 is 14.4 Å². The molecule has 0 saturated heterocycles. The van der Waals surface area contributed by atoms with Crippen LogP contribution in [-0.2, 0) is 11.0 Å². The molecule has 0 saturated carbocycles. The van der Waals surface area contributed by atoms with E-state index in [2.05, 4.69) is 26.5 Å². The summed E-state index contributed by atoms with van der Waals surface area (Å²) in [6.07, 6.45) is -3.42. The molecule has 0 aliphatic carbocycles. The first-order valence-electron chi connectivity index (χ1n) is 9.38. The number of carbonyl (C=O) groups is 1. The summed E-state index contributed by atoms with van der Waals surface area (Å²) >= 11 is 3.34. The van der Waals surface area contributed by atoms with Crippen LogP contribution in [0, 0.1) is 10.1 Å². The van der Waals surface area contributed by atoms with Gasteiger partial charge in [0.15, 0.2) is 18.1 Å². The quantitative estimate of drug-likeness (QED) is 0.285. The molecular weight excluding hydrogens is 513 g/mol. The average Bonchev–Trinajstić information content (AvgIpc) is 2.72. The van der Waals surface area contributed by atoms with E-state index in [1.54, 1.807) is 33.2 Å². The van der Waals surface area contributed by atoms with Crippen LogP contribution in [0.25, 0.3) is 0 Å². The van der Waals surface area contributed by atoms with Gasteiger partial charge in [0.05, 0.1) is 27.8 Å². The first kappa shape index (κ1) is 25.9. The van der Waals surface area contributed by atoms with Gasteiger partial charge in [0.25, 0.3) is 11.6 Å². The topological polar surface area (TPSA) is 106 Å². The zero-order valence-corrected chi connectivity index (χ0v) is 19.4. The third-order valence-corrected chi connectivity index (χ3v) is 4.68. The molecule has 13 heteroatoms. The predicted octanol–water partition coefficient (Wildman–Crippen LogP) is 4.69. The molecule has 178 valence electrons. The molecule has 2 aromatic carbocycles. The summed E-state index contributed by atoms with van der Waals surface area (Å²) in [5.41, 5.74) is 0.743. The number of nitro benzene ring substituents is 1. The van der Waals surface area contributed by atoms with Gasteiger partial charge in [-0.3, -0.25) is 20.3 Å². The third kappa shape index (κ3) is 7.07. The number of likely N-dealkylation sites (N-methyl/N-ethyl adjacent to an activating group) is 1. The number of hydrogen-bond acceptors (Lipinski definition) is 7. The Labute approximate surface area is 195 Å². The Kier molecular flexibility index (Phi) is 8.63. The van der Waals surface area contributed by atoms with Crippen molar-refractivity contribution in [3.63, 3.8) is 0 Å². The molecule has 0 atom stereocenters. The Morgan fingerprint density at radius 1 is 1.27 bits per heavy atom. The van der Waals surface area contributed by atoms with Gasteiger partial charge >= 0.3 is 6.18 Å². The van der Waals surface area contributed by atoms with Crippen LogP contribution in [0.5, 0.6) is 11.5 Å². The number of nitrogens with one attached hydrogen (secondary N) is 1. The molecule has 33 heavy (non-hydrogen) atoms. The van der Waals surface area contributed by atoms with Crippen LogP contribution in [-0.4, -0.2) is 49.3 Å². The molecule has 1 N–H and O–H groups in total. The highest BCUT2D eigenvalue weighted by Crippen LogP contribution is 2.37. The smallest absolute Gasteiger partial charge is 0.416 e. The summed E-state index contributed by atoms with van der Waals surface area (Å²) < 4.78 is 50.1. The van der Waals surface area contributed by atoms with Crippen molar-refractivity contribution in [2.75, 3.05) is 32.7 Å². The molecule has 0 fully saturated rings. The van der Waals surface area contributed by atoms with Gasteiger partial charge in [0.1, 0.15) is 5.69 Å². The van der Waals surface area contributed by atoms with Crippen LogP contribution < -0.4 is 14.9 Å². The van der Waals surface area contributed by atoms with E-state index in [9.17, 15) is 28.1 Å². The van der Waals surface area contributed by atoms with Gasteiger partial charge in [-0.2, -0.15) is 18.3 Å². The lowest BCUT2D eigenvalue weighted by atomic mass is 10.1. The number of nitrogens with zero attached hydrogens (tertiary/aromatic N) is 3. The molecule has 0 aliphatic heterocycles. The fraction of sp³-hybridized carbons (Fsp3) is 0.300. The second-order valence-electron chi connectivity index (χ2n) is 6.70. The van der Waals surface area contributed by atoms with E-state index in [-0.39, 0.29) is 18.2 Å². The maximum Gasteiger partial charge on any atom is 0.416 e. The number of ether oxygens (including phenoxy) is 2. The molecule has 2 aromatic rings. The number of rotatable bonds is 9. The molecule has 0 heterocycles. The maximum absolute atomic E-state index is 12.8. The van der Waals surface area contributed by atoms with Gasteiger partial charge in [-0.25, -0.2) is 0 Å². The Hall–Kier alpha value is -3.35. The Bertz CT molecular complexity index is 1060. The van der Waals surface area contributed by atoms with Gasteiger partial charge in [0.2, 0.25) is 0 Å². The highest BCUT2D eigenvalue weighted by Gasteiger charge is 2.33. The first-order valence-corrected chi connectivity index (χ1v) is 10.2. The summed E-state index contributed by atoms with van der Waals surface area (Å²) in [6.45, 7) is 1.86. The maximum atomic E-state index is 12.8. The van der Waals surface area contributed by atoms with E-state index in [1.165, 1.54) is 11.1 Å². The molecule has 0 radical (unpaired) electrons. The zero-order valence-electron chi connectivity index (χ0n) is 17.8. The minimum Gasteiger partial charge on any atom is -0.490 e. The average molecular weight is 533 g/mol. The number of alkyl halides is 3. The molecule has 0 spiro atoms. The normalized spacial score (nSPS) is 11.4. The van der Waals surface area contributed by atoms with Crippen LogP contribution >= 0.6 is 15.9 Å². The monoisotopic (exact) mass is 532 g/mol. The molecule has 0 aliphatic rings. The zero-order chi connectivity index (χ0) is 24.8. The van der Waals surface area contributed by atoms with Gasteiger partial charge in [-0.1, -0.05) is 0 Å². The highest BCUT2D eigenvalue weighted by atomic mass is 79.9. The van der Waals surface area contributed by atoms with Crippen molar-refractivity contribution in [3.8, 4) is 11.5 Å². The second kappa shape index (κ2) is 11.0. The lowest BCUT2D eigenvalue weighted by Gasteiger charge is -2.16. The highest BCUT2D eigenvalue weighted by molar-refractivity contribution is 9.10. The molecule has 2 rings (SSSR count). The lowest BCUT2D eigenvalue weighted by molar-refractivity contribution is -0.384. The Morgan fingerprint density at radius 2 is 1.97 bits per heavy atom. The van der Waals surface area contributed by atoms with Gasteiger partial charge in [0, 0.05) is 20.2 Å². The standard InChI is InChI=1S/C20H20BrF3N4O5/c1-4-32-17-8-12(7-14(21)19(17)33-11-18(29)27(2)3)10-25-26-15-6-5-13(20(22,23)24)9-16(15)28(30)31/h5-10,26H,4,11H2,1-3H3. The number of halogens is 4. The SMILES string of the molecule is CCOc1cc(C=NNc2ccc(C(F)(F)F)cc2[N+](=O)[O-])cc(Br)c1OCC(=O)N(C)C. The van der Waals surface area contributed by atoms with Crippen LogP contribution in [0.4, 0.5) is 24.5 Å². The van der Waals surface area contributed by atoms with Crippen molar-refractivity contribution in [1.82, 2.24) is 4.90 Å². The summed E-state index contributed by atoms with van der Waals surface area (Å²) in [5.74, 6) is 0.369. The molecule has 0 aromatic heterocycles. The number of amides is 1. The summed E-state index contributed by atoms with van der Waals surface area (Å²) in [7, 11) is 3.19. The van der Waals surface area contributed by atoms with Crippen molar-refractivity contribution < 1.29 is 32.4 Å². The Balaban J connectivity index is 2.26. The van der Waals surface area contributed by atoms with E-state index in [0.717, 1.165) is 12.1 Å². The second-order valence-corrected chi connectivity index (χ2v) is 7.55. The van der Waals surface area contributed by atoms with E-state index in [4.69, 9.17) is 9.47 Å². The van der Waals surface area contributed by atoms with E-state index < -0.39 is 22.4 Å². The van der Waals surface area contributed by atoms with Crippen molar-refractivity contribution in [3.05, 3.63) is 56.0 Å². The van der Waals surface area contributed by atoms with Crippen LogP contribution in [0.2, 0.25) is 0 Å². The van der Waals surface area contributed by atoms with E-state index >= 15 is 0 Å². The fourth-order valence-corrected chi connectivity index (χ4v) is 3.03. The van der Waals surface area contributed by atoms with Crippen LogP contribution in [0.15, 0.2) is 39.9 Å². The number of carbonyl (C=O) groups excluding carboxylic acids is 1. The minimum atomic E-state index is -4.71. The van der Waals surface area contributed by atoms with Crippen molar-refractivity contribution in [2.24, 2.45) is 5.10 Å². The van der Waals surface area contributed by atoms with Crippen molar-refractivity contribution >= 4 is 39.4 Å². The van der Waals surface area contributed by atoms with E-state index in [1.807, 2.05) is 0 Å². The first-order chi connectivity index (χ1) is 15.4. The summed E-state index contributed by atoms with van der Waals surface area (Å²) in [6, 6.07) is 5.25. The third-order valence-electron chi connectivity index (χ3n) is 4.09. The number of hydrazone groups is 1. The van der Waals surface area contributed by atoms with E-state index in [0.29, 0.717) is 34.2 Å². The summed E-state index contributed by atoms with van der Waals surface area (Å²) in [4.78, 5) is 23.4. The fourth-order valence-electron chi connectivity index (χ4n) is 2.46. The van der Waals surface area contributed by atoms with Crippen molar-refractivity contribution in [1.29, 1.82) is 0 Å². The Morgan fingerprint density at radius 3 is 2.55 bits per heavy atom. The predicted molar refractivity (Wildman–Crippen MR) is 119 cm³/mol. The molecule has 0 unspecified atom stereocenters. The minimum absolute atomic E-state index is 0.210. The molecule has 9 nitrogen and oxygen atoms in total. The van der Waals surface area contributed by atoms with Crippen LogP contribution in [0.1, 0.15) is 18.1 Å². The van der Waals surface area contributed by atoms with Gasteiger partial charge in [-0.15, -0.1) is 0 Å². The number of anilines is 1. The van der Waals surface area contributed by atoms with Crippen molar-refractivity contribution in [2.45, 2.75) is 13.1 Å². The largest absolute Gasteiger partial charge is 0.490 e. The number of benzene rings is 2. The molecule has 1 amide bonds. The lowest BCUT2D eigenvalue weighted by Crippen LogP contribution is -2.27. The van der Waals surface area contributed by atoms with Gasteiger partial charge in [-0.05, 0) is 52.7 Å². The molecule has 0 bridgehead atoms. The summed E-state index contributed by atoms with van der Waals surface area (Å²) in [5, 5.41) is 15.0. The molecular formula is C20H20BrF3N4O5.